The van der Waals surface area contributed by atoms with Crippen molar-refractivity contribution in [3.8, 4) is 5.75 Å². The van der Waals surface area contributed by atoms with Gasteiger partial charge in [-0.25, -0.2) is 0 Å². The van der Waals surface area contributed by atoms with E-state index in [2.05, 4.69) is 0 Å². The average molecular weight is 290 g/mol. The first-order valence-electron chi connectivity index (χ1n) is 8.16. The quantitative estimate of drug-likeness (QED) is 0.924. The van der Waals surface area contributed by atoms with Crippen LogP contribution in [0.3, 0.4) is 0 Å². The molecule has 0 bridgehead atoms. The van der Waals surface area contributed by atoms with Crippen molar-refractivity contribution in [3.63, 3.8) is 0 Å². The second-order valence-electron chi connectivity index (χ2n) is 6.57. The van der Waals surface area contributed by atoms with Gasteiger partial charge in [-0.1, -0.05) is 31.0 Å². The van der Waals surface area contributed by atoms with Gasteiger partial charge in [-0.3, -0.25) is 0 Å². The summed E-state index contributed by atoms with van der Waals surface area (Å²) in [4.78, 5) is 0. The van der Waals surface area contributed by atoms with Crippen molar-refractivity contribution in [1.29, 1.82) is 0 Å². The molecule has 1 aromatic carbocycles. The highest BCUT2D eigenvalue weighted by molar-refractivity contribution is 5.33. The van der Waals surface area contributed by atoms with E-state index in [1.807, 2.05) is 24.3 Å². The second kappa shape index (κ2) is 6.37. The fourth-order valence-electron chi connectivity index (χ4n) is 4.03. The third-order valence-electron chi connectivity index (χ3n) is 5.21. The van der Waals surface area contributed by atoms with E-state index in [0.29, 0.717) is 12.3 Å². The van der Waals surface area contributed by atoms with Crippen LogP contribution in [0.15, 0.2) is 24.3 Å². The van der Waals surface area contributed by atoms with Crippen molar-refractivity contribution >= 4 is 0 Å². The van der Waals surface area contributed by atoms with Gasteiger partial charge in [-0.2, -0.15) is 0 Å². The van der Waals surface area contributed by atoms with Crippen molar-refractivity contribution in [2.24, 2.45) is 5.92 Å². The maximum Gasteiger partial charge on any atom is 0.122 e. The number of aliphatic hydroxyl groups excluding tert-OH is 1. The number of ether oxygens (including phenoxy) is 2. The zero-order chi connectivity index (χ0) is 14.7. The molecule has 1 aliphatic carbocycles. The minimum atomic E-state index is -0.303. The van der Waals surface area contributed by atoms with Crippen LogP contribution in [0.25, 0.3) is 0 Å². The topological polar surface area (TPSA) is 38.7 Å². The van der Waals surface area contributed by atoms with Crippen LogP contribution in [0.4, 0.5) is 0 Å². The predicted octanol–water partition coefficient (Wildman–Crippen LogP) is 3.34. The lowest BCUT2D eigenvalue weighted by Crippen LogP contribution is -2.41. The molecule has 1 saturated carbocycles. The fraction of sp³-hybridized carbons (Fsp3) is 0.667. The van der Waals surface area contributed by atoms with Gasteiger partial charge < -0.3 is 14.6 Å². The van der Waals surface area contributed by atoms with E-state index in [4.69, 9.17) is 9.47 Å². The summed E-state index contributed by atoms with van der Waals surface area (Å²) < 4.78 is 11.5. The van der Waals surface area contributed by atoms with Crippen LogP contribution < -0.4 is 4.74 Å². The van der Waals surface area contributed by atoms with Crippen molar-refractivity contribution in [3.05, 3.63) is 29.8 Å². The standard InChI is InChI=1S/C18H26O3/c1-20-17-7-3-2-6-14(17)12-16(19)15-8-11-21-18(13-15)9-4-5-10-18/h2-3,6-7,15-16,19H,4-5,8-13H2,1H3. The first-order valence-corrected chi connectivity index (χ1v) is 8.16. The van der Waals surface area contributed by atoms with E-state index in [1.54, 1.807) is 7.11 Å². The molecule has 1 aromatic rings. The van der Waals surface area contributed by atoms with Crippen LogP contribution in [0, 0.1) is 5.92 Å². The molecule has 2 aliphatic rings. The zero-order valence-corrected chi connectivity index (χ0v) is 12.9. The van der Waals surface area contributed by atoms with E-state index in [-0.39, 0.29) is 11.7 Å². The van der Waals surface area contributed by atoms with Gasteiger partial charge in [0.2, 0.25) is 0 Å². The van der Waals surface area contributed by atoms with Crippen LogP contribution >= 0.6 is 0 Å². The molecule has 2 fully saturated rings. The van der Waals surface area contributed by atoms with Gasteiger partial charge in [0.15, 0.2) is 0 Å². The van der Waals surface area contributed by atoms with Crippen LogP contribution in [0.1, 0.15) is 44.1 Å². The van der Waals surface area contributed by atoms with E-state index in [1.165, 1.54) is 25.7 Å². The predicted molar refractivity (Wildman–Crippen MR) is 82.6 cm³/mol. The Bertz CT molecular complexity index is 465. The first-order chi connectivity index (χ1) is 10.2. The molecular weight excluding hydrogens is 264 g/mol. The van der Waals surface area contributed by atoms with E-state index in [9.17, 15) is 5.11 Å². The van der Waals surface area contributed by atoms with Crippen molar-refractivity contribution in [2.75, 3.05) is 13.7 Å². The molecule has 3 nitrogen and oxygen atoms in total. The Hall–Kier alpha value is -1.06. The molecule has 2 atom stereocenters. The molecule has 1 aliphatic heterocycles. The Balaban J connectivity index is 1.66. The lowest BCUT2D eigenvalue weighted by Gasteiger charge is -2.40. The Morgan fingerprint density at radius 3 is 2.86 bits per heavy atom. The number of benzene rings is 1. The van der Waals surface area contributed by atoms with Crippen molar-refractivity contribution in [1.82, 2.24) is 0 Å². The minimum absolute atomic E-state index is 0.0741. The van der Waals surface area contributed by atoms with Crippen LogP contribution in [0.5, 0.6) is 5.75 Å². The Morgan fingerprint density at radius 1 is 1.33 bits per heavy atom. The van der Waals surface area contributed by atoms with Crippen molar-refractivity contribution < 1.29 is 14.6 Å². The highest BCUT2D eigenvalue weighted by atomic mass is 16.5. The molecule has 0 radical (unpaired) electrons. The second-order valence-corrected chi connectivity index (χ2v) is 6.57. The van der Waals surface area contributed by atoms with Crippen molar-refractivity contribution in [2.45, 2.75) is 56.7 Å². The van der Waals surface area contributed by atoms with Crippen LogP contribution in [-0.2, 0) is 11.2 Å². The van der Waals surface area contributed by atoms with Gasteiger partial charge >= 0.3 is 0 Å². The summed E-state index contributed by atoms with van der Waals surface area (Å²) in [6.07, 6.45) is 7.25. The van der Waals surface area contributed by atoms with Gasteiger partial charge in [0, 0.05) is 13.0 Å². The number of para-hydroxylation sites is 1. The third kappa shape index (κ3) is 3.24. The summed E-state index contributed by atoms with van der Waals surface area (Å²) in [5.41, 5.74) is 1.17. The Morgan fingerprint density at radius 2 is 2.10 bits per heavy atom. The average Bonchev–Trinajstić information content (AvgIpc) is 2.95. The van der Waals surface area contributed by atoms with E-state index in [0.717, 1.165) is 30.8 Å². The monoisotopic (exact) mass is 290 g/mol. The fourth-order valence-corrected chi connectivity index (χ4v) is 4.03. The van der Waals surface area contributed by atoms with Gasteiger partial charge in [0.05, 0.1) is 18.8 Å². The first kappa shape index (κ1) is 14.9. The molecule has 1 heterocycles. The maximum absolute atomic E-state index is 10.7. The molecule has 116 valence electrons. The third-order valence-corrected chi connectivity index (χ3v) is 5.21. The summed E-state index contributed by atoms with van der Waals surface area (Å²) >= 11 is 0. The molecule has 21 heavy (non-hydrogen) atoms. The smallest absolute Gasteiger partial charge is 0.122 e. The zero-order valence-electron chi connectivity index (χ0n) is 12.9. The lowest BCUT2D eigenvalue weighted by molar-refractivity contribution is -0.112. The number of hydrogen-bond acceptors (Lipinski definition) is 3. The SMILES string of the molecule is COc1ccccc1CC(O)C1CCOC2(CCCC2)C1. The molecular formula is C18H26O3. The van der Waals surface area contributed by atoms with Gasteiger partial charge in [0.1, 0.15) is 5.75 Å². The number of rotatable bonds is 4. The highest BCUT2D eigenvalue weighted by Crippen LogP contribution is 2.43. The summed E-state index contributed by atoms with van der Waals surface area (Å²) in [6.45, 7) is 0.799. The highest BCUT2D eigenvalue weighted by Gasteiger charge is 2.41. The van der Waals surface area contributed by atoms with Gasteiger partial charge in [-0.15, -0.1) is 0 Å². The van der Waals surface area contributed by atoms with Gasteiger partial charge in [0.25, 0.3) is 0 Å². The van der Waals surface area contributed by atoms with E-state index < -0.39 is 0 Å². The summed E-state index contributed by atoms with van der Waals surface area (Å²) in [6, 6.07) is 7.99. The minimum Gasteiger partial charge on any atom is -0.496 e. The van der Waals surface area contributed by atoms with Gasteiger partial charge in [-0.05, 0) is 43.2 Å². The molecule has 0 amide bonds. The molecule has 3 rings (SSSR count). The maximum atomic E-state index is 10.7. The Kier molecular flexibility index (Phi) is 4.51. The summed E-state index contributed by atoms with van der Waals surface area (Å²) in [5, 5.41) is 10.7. The number of aliphatic hydroxyl groups is 1. The largest absolute Gasteiger partial charge is 0.496 e. The molecule has 1 spiro atoms. The van der Waals surface area contributed by atoms with Crippen LogP contribution in [-0.4, -0.2) is 30.5 Å². The number of methoxy groups -OCH3 is 1. The van der Waals surface area contributed by atoms with E-state index >= 15 is 0 Å². The molecule has 3 heteroatoms. The van der Waals surface area contributed by atoms with Crippen LogP contribution in [0.2, 0.25) is 0 Å². The number of hydrogen-bond donors (Lipinski definition) is 1. The molecule has 0 aromatic heterocycles. The molecule has 1 saturated heterocycles. The summed E-state index contributed by atoms with van der Waals surface area (Å²) in [7, 11) is 1.69. The summed E-state index contributed by atoms with van der Waals surface area (Å²) in [5.74, 6) is 1.22. The molecule has 2 unspecified atom stereocenters. The molecule has 1 N–H and O–H groups in total. The normalized spacial score (nSPS) is 25.9. The lowest BCUT2D eigenvalue weighted by atomic mass is 9.80. The Labute approximate surface area is 127 Å².